The maximum absolute atomic E-state index is 13.1. The number of nitrogens with one attached hydrogen (secondary N) is 1. The van der Waals surface area contributed by atoms with E-state index in [4.69, 9.17) is 0 Å². The largest absolute Gasteiger partial charge is 0.310 e. The lowest BCUT2D eigenvalue weighted by Crippen LogP contribution is -2.38. The Kier molecular flexibility index (Phi) is 5.03. The fourth-order valence-electron chi connectivity index (χ4n) is 3.38. The summed E-state index contributed by atoms with van der Waals surface area (Å²) in [5.41, 5.74) is 1.09. The summed E-state index contributed by atoms with van der Waals surface area (Å²) in [5, 5.41) is 13.8. The van der Waals surface area contributed by atoms with Gasteiger partial charge in [0.25, 0.3) is 5.69 Å². The number of nitro benzene ring substituents is 1. The lowest BCUT2D eigenvalue weighted by atomic mass is 9.78. The summed E-state index contributed by atoms with van der Waals surface area (Å²) in [5.74, 6) is 0.447. The van der Waals surface area contributed by atoms with Crippen molar-refractivity contribution in [2.45, 2.75) is 38.0 Å². The summed E-state index contributed by atoms with van der Waals surface area (Å²) >= 11 is 2.20. The van der Waals surface area contributed by atoms with Crippen molar-refractivity contribution in [3.63, 3.8) is 0 Å². The SMILES string of the molecule is Cc1nc(NC(=O)C2(c3ccc([N+](=O)[O-])cc3)CCCC2)ccc1I. The van der Waals surface area contributed by atoms with Gasteiger partial charge in [0.1, 0.15) is 5.82 Å². The first kappa shape index (κ1) is 17.8. The molecule has 0 spiro atoms. The number of nitro groups is 1. The highest BCUT2D eigenvalue weighted by Gasteiger charge is 2.43. The number of non-ortho nitro benzene ring substituents is 1. The summed E-state index contributed by atoms with van der Waals surface area (Å²) < 4.78 is 1.04. The van der Waals surface area contributed by atoms with Crippen LogP contribution in [0, 0.1) is 20.6 Å². The number of hydrogen-bond acceptors (Lipinski definition) is 4. The molecule has 6 nitrogen and oxygen atoms in total. The number of carbonyl (C=O) groups is 1. The molecule has 0 aliphatic heterocycles. The van der Waals surface area contributed by atoms with E-state index in [1.807, 2.05) is 13.0 Å². The minimum Gasteiger partial charge on any atom is -0.310 e. The molecule has 1 aromatic carbocycles. The van der Waals surface area contributed by atoms with E-state index in [9.17, 15) is 14.9 Å². The van der Waals surface area contributed by atoms with Crippen LogP contribution < -0.4 is 5.32 Å². The lowest BCUT2D eigenvalue weighted by Gasteiger charge is -2.28. The second-order valence-electron chi connectivity index (χ2n) is 6.31. The Balaban J connectivity index is 1.90. The molecule has 0 unspecified atom stereocenters. The zero-order chi connectivity index (χ0) is 18.0. The minimum atomic E-state index is -0.645. The van der Waals surface area contributed by atoms with Crippen molar-refractivity contribution >= 4 is 40.0 Å². The first-order valence-electron chi connectivity index (χ1n) is 8.12. The van der Waals surface area contributed by atoms with Gasteiger partial charge in [0.15, 0.2) is 0 Å². The number of rotatable bonds is 4. The molecule has 3 rings (SSSR count). The van der Waals surface area contributed by atoms with Crippen LogP contribution in [0.3, 0.4) is 0 Å². The molecule has 0 saturated heterocycles. The van der Waals surface area contributed by atoms with Gasteiger partial charge >= 0.3 is 0 Å². The number of hydrogen-bond donors (Lipinski definition) is 1. The molecular weight excluding hydrogens is 433 g/mol. The fraction of sp³-hybridized carbons (Fsp3) is 0.333. The van der Waals surface area contributed by atoms with E-state index in [-0.39, 0.29) is 11.6 Å². The van der Waals surface area contributed by atoms with Crippen LogP contribution in [0.2, 0.25) is 0 Å². The maximum Gasteiger partial charge on any atom is 0.269 e. The van der Waals surface area contributed by atoms with Crippen molar-refractivity contribution in [2.75, 3.05) is 5.32 Å². The molecule has 130 valence electrons. The van der Waals surface area contributed by atoms with Gasteiger partial charge in [0.05, 0.1) is 16.0 Å². The molecule has 0 radical (unpaired) electrons. The Morgan fingerprint density at radius 2 is 1.84 bits per heavy atom. The molecule has 2 aromatic rings. The third-order valence-corrected chi connectivity index (χ3v) is 5.93. The fourth-order valence-corrected chi connectivity index (χ4v) is 3.68. The van der Waals surface area contributed by atoms with Gasteiger partial charge in [-0.2, -0.15) is 0 Å². The molecule has 0 bridgehead atoms. The van der Waals surface area contributed by atoms with Crippen molar-refractivity contribution in [1.29, 1.82) is 0 Å². The Labute approximate surface area is 159 Å². The molecule has 1 heterocycles. The van der Waals surface area contributed by atoms with E-state index in [1.165, 1.54) is 12.1 Å². The van der Waals surface area contributed by atoms with Crippen molar-refractivity contribution in [1.82, 2.24) is 4.98 Å². The molecule has 1 aliphatic carbocycles. The van der Waals surface area contributed by atoms with E-state index >= 15 is 0 Å². The Hall–Kier alpha value is -2.03. The summed E-state index contributed by atoms with van der Waals surface area (Å²) in [6.45, 7) is 1.90. The predicted octanol–water partition coefficient (Wildman–Crippen LogP) is 4.35. The number of amides is 1. The second kappa shape index (κ2) is 7.07. The number of aromatic nitrogens is 1. The summed E-state index contributed by atoms with van der Waals surface area (Å²) in [7, 11) is 0. The lowest BCUT2D eigenvalue weighted by molar-refractivity contribution is -0.384. The van der Waals surface area contributed by atoms with Crippen LogP contribution in [0.5, 0.6) is 0 Å². The summed E-state index contributed by atoms with van der Waals surface area (Å²) in [4.78, 5) is 27.9. The number of benzene rings is 1. The second-order valence-corrected chi connectivity index (χ2v) is 7.47. The third-order valence-electron chi connectivity index (χ3n) is 4.79. The van der Waals surface area contributed by atoms with E-state index < -0.39 is 10.3 Å². The number of nitrogens with zero attached hydrogens (tertiary/aromatic N) is 2. The predicted molar refractivity (Wildman–Crippen MR) is 104 cm³/mol. The smallest absolute Gasteiger partial charge is 0.269 e. The Morgan fingerprint density at radius 3 is 2.40 bits per heavy atom. The van der Waals surface area contributed by atoms with Gasteiger partial charge in [0, 0.05) is 15.7 Å². The molecular formula is C18H18IN3O3. The quantitative estimate of drug-likeness (QED) is 0.426. The zero-order valence-electron chi connectivity index (χ0n) is 13.8. The minimum absolute atomic E-state index is 0.0345. The number of anilines is 1. The van der Waals surface area contributed by atoms with Gasteiger partial charge in [0.2, 0.25) is 5.91 Å². The Bertz CT molecular complexity index is 815. The number of carbonyl (C=O) groups excluding carboxylic acids is 1. The molecule has 1 fully saturated rings. The van der Waals surface area contributed by atoms with Gasteiger partial charge in [-0.3, -0.25) is 14.9 Å². The highest BCUT2D eigenvalue weighted by molar-refractivity contribution is 14.1. The highest BCUT2D eigenvalue weighted by atomic mass is 127. The summed E-state index contributed by atoms with van der Waals surface area (Å²) in [6, 6.07) is 10.1. The van der Waals surface area contributed by atoms with Crippen LogP contribution in [0.4, 0.5) is 11.5 Å². The van der Waals surface area contributed by atoms with E-state index in [2.05, 4.69) is 32.9 Å². The van der Waals surface area contributed by atoms with Crippen LogP contribution in [-0.2, 0) is 10.2 Å². The molecule has 25 heavy (non-hydrogen) atoms. The van der Waals surface area contributed by atoms with Crippen molar-refractivity contribution in [3.8, 4) is 0 Å². The first-order valence-corrected chi connectivity index (χ1v) is 9.20. The molecule has 1 aromatic heterocycles. The number of halogens is 1. The van der Waals surface area contributed by atoms with Crippen molar-refractivity contribution in [3.05, 3.63) is 61.3 Å². The van der Waals surface area contributed by atoms with Gasteiger partial charge in [-0.1, -0.05) is 25.0 Å². The molecule has 0 atom stereocenters. The molecule has 1 amide bonds. The monoisotopic (exact) mass is 451 g/mol. The van der Waals surface area contributed by atoms with Crippen LogP contribution in [-0.4, -0.2) is 15.8 Å². The van der Waals surface area contributed by atoms with Crippen molar-refractivity contribution < 1.29 is 9.72 Å². The molecule has 1 saturated carbocycles. The highest BCUT2D eigenvalue weighted by Crippen LogP contribution is 2.42. The zero-order valence-corrected chi connectivity index (χ0v) is 15.9. The first-order chi connectivity index (χ1) is 11.9. The molecule has 1 aliphatic rings. The van der Waals surface area contributed by atoms with Crippen LogP contribution in [0.1, 0.15) is 36.9 Å². The van der Waals surface area contributed by atoms with Gasteiger partial charge in [-0.25, -0.2) is 4.98 Å². The normalized spacial score (nSPS) is 15.8. The topological polar surface area (TPSA) is 85.1 Å². The Morgan fingerprint density at radius 1 is 1.20 bits per heavy atom. The standard InChI is InChI=1S/C18H18IN3O3/c1-12-15(19)8-9-16(20-12)21-17(23)18(10-2-3-11-18)13-4-6-14(7-5-13)22(24)25/h4-9H,2-3,10-11H2,1H3,(H,20,21,23). The van der Waals surface area contributed by atoms with Crippen LogP contribution >= 0.6 is 22.6 Å². The van der Waals surface area contributed by atoms with Crippen LogP contribution in [0.25, 0.3) is 0 Å². The van der Waals surface area contributed by atoms with Crippen molar-refractivity contribution in [2.24, 2.45) is 0 Å². The molecule has 1 N–H and O–H groups in total. The third kappa shape index (κ3) is 3.51. The van der Waals surface area contributed by atoms with Gasteiger partial charge in [-0.15, -0.1) is 0 Å². The maximum atomic E-state index is 13.1. The average molecular weight is 451 g/mol. The number of aryl methyl sites for hydroxylation is 1. The van der Waals surface area contributed by atoms with Crippen LogP contribution in [0.15, 0.2) is 36.4 Å². The van der Waals surface area contributed by atoms with E-state index in [0.29, 0.717) is 5.82 Å². The van der Waals surface area contributed by atoms with Gasteiger partial charge in [-0.05, 0) is 60.1 Å². The van der Waals surface area contributed by atoms with E-state index in [0.717, 1.165) is 40.5 Å². The van der Waals surface area contributed by atoms with Gasteiger partial charge < -0.3 is 5.32 Å². The van der Waals surface area contributed by atoms with E-state index in [1.54, 1.807) is 18.2 Å². The number of pyridine rings is 1. The molecule has 7 heteroatoms. The summed E-state index contributed by atoms with van der Waals surface area (Å²) in [6.07, 6.45) is 3.40. The average Bonchev–Trinajstić information content (AvgIpc) is 3.09.